The monoisotopic (exact) mass is 499 g/mol. The van der Waals surface area contributed by atoms with Crippen LogP contribution in [-0.2, 0) is 6.54 Å². The molecule has 0 aliphatic carbocycles. The molecule has 8 nitrogen and oxygen atoms in total. The summed E-state index contributed by atoms with van der Waals surface area (Å²) in [7, 11) is 4.41. The van der Waals surface area contributed by atoms with Crippen LogP contribution in [0.15, 0.2) is 66.6 Å². The van der Waals surface area contributed by atoms with Gasteiger partial charge in [0.05, 0.1) is 32.5 Å². The molecule has 0 unspecified atom stereocenters. The molecule has 0 spiro atoms. The fourth-order valence-corrected chi connectivity index (χ4v) is 4.39. The summed E-state index contributed by atoms with van der Waals surface area (Å²) in [5, 5.41) is 1.03. The van der Waals surface area contributed by atoms with Gasteiger partial charge in [0.2, 0.25) is 11.5 Å². The first-order valence-electron chi connectivity index (χ1n) is 11.7. The summed E-state index contributed by atoms with van der Waals surface area (Å²) in [4.78, 5) is 25.9. The van der Waals surface area contributed by atoms with Gasteiger partial charge in [0, 0.05) is 35.3 Å². The van der Waals surface area contributed by atoms with Crippen molar-refractivity contribution in [3.63, 3.8) is 0 Å². The predicted octanol–water partition coefficient (Wildman–Crippen LogP) is 5.52. The number of esters is 1. The number of benzene rings is 3. The molecule has 0 bridgehead atoms. The second kappa shape index (κ2) is 9.73. The number of para-hydroxylation sites is 1. The van der Waals surface area contributed by atoms with Crippen molar-refractivity contribution in [3.8, 4) is 28.7 Å². The highest BCUT2D eigenvalue weighted by molar-refractivity contribution is 6.15. The molecule has 37 heavy (non-hydrogen) atoms. The lowest BCUT2D eigenvalue weighted by atomic mass is 10.1. The maximum absolute atomic E-state index is 13.0. The minimum absolute atomic E-state index is 0.208. The zero-order valence-electron chi connectivity index (χ0n) is 20.9. The molecular weight excluding hydrogens is 474 g/mol. The molecule has 0 N–H and O–H groups in total. The molecule has 1 aliphatic heterocycles. The van der Waals surface area contributed by atoms with Gasteiger partial charge in [-0.1, -0.05) is 18.2 Å². The second-order valence-corrected chi connectivity index (χ2v) is 8.29. The lowest BCUT2D eigenvalue weighted by Crippen LogP contribution is -2.09. The number of rotatable bonds is 7. The van der Waals surface area contributed by atoms with E-state index in [0.29, 0.717) is 28.6 Å². The SMILES string of the molecule is CCn1cc(C=C2Oc3cc(OC(=O)c4cc(OC)c(OC)c(OC)c4)ccc3C2=O)c2ccccc21. The highest BCUT2D eigenvalue weighted by Crippen LogP contribution is 2.39. The molecule has 8 heteroatoms. The van der Waals surface area contributed by atoms with Gasteiger partial charge in [0.25, 0.3) is 0 Å². The maximum Gasteiger partial charge on any atom is 0.343 e. The number of aryl methyl sites for hydroxylation is 1. The number of Topliss-reactive ketones (excluding diaryl/α,β-unsaturated/α-hetero) is 1. The van der Waals surface area contributed by atoms with E-state index >= 15 is 0 Å². The van der Waals surface area contributed by atoms with E-state index in [0.717, 1.165) is 23.0 Å². The van der Waals surface area contributed by atoms with E-state index in [-0.39, 0.29) is 22.9 Å². The Hall–Kier alpha value is -4.72. The van der Waals surface area contributed by atoms with Crippen molar-refractivity contribution in [2.45, 2.75) is 13.5 Å². The topological polar surface area (TPSA) is 85.2 Å². The number of hydrogen-bond acceptors (Lipinski definition) is 7. The number of allylic oxidation sites excluding steroid dienone is 1. The maximum atomic E-state index is 13.0. The van der Waals surface area contributed by atoms with Crippen molar-refractivity contribution in [2.24, 2.45) is 0 Å². The van der Waals surface area contributed by atoms with E-state index in [1.54, 1.807) is 18.2 Å². The van der Waals surface area contributed by atoms with Crippen LogP contribution in [0.3, 0.4) is 0 Å². The van der Waals surface area contributed by atoms with Gasteiger partial charge in [-0.2, -0.15) is 0 Å². The minimum atomic E-state index is -0.633. The van der Waals surface area contributed by atoms with E-state index < -0.39 is 5.97 Å². The number of aromatic nitrogens is 1. The minimum Gasteiger partial charge on any atom is -0.493 e. The molecular formula is C29H25NO7. The molecule has 0 radical (unpaired) electrons. The number of fused-ring (bicyclic) bond motifs is 2. The summed E-state index contributed by atoms with van der Waals surface area (Å²) < 4.78 is 29.5. The predicted molar refractivity (Wildman–Crippen MR) is 138 cm³/mol. The van der Waals surface area contributed by atoms with Crippen LogP contribution in [0.5, 0.6) is 28.7 Å². The third-order valence-electron chi connectivity index (χ3n) is 6.20. The van der Waals surface area contributed by atoms with Crippen LogP contribution in [0, 0.1) is 0 Å². The average molecular weight is 500 g/mol. The summed E-state index contributed by atoms with van der Waals surface area (Å²) in [6, 6.07) is 15.7. The first-order chi connectivity index (χ1) is 18.0. The Morgan fingerprint density at radius 1 is 0.973 bits per heavy atom. The molecule has 0 atom stereocenters. The molecule has 0 fully saturated rings. The van der Waals surface area contributed by atoms with Crippen LogP contribution in [0.4, 0.5) is 0 Å². The number of carbonyl (C=O) groups excluding carboxylic acids is 2. The summed E-state index contributed by atoms with van der Waals surface area (Å²) in [5.74, 6) is 0.929. The normalized spacial score (nSPS) is 13.4. The Morgan fingerprint density at radius 3 is 2.38 bits per heavy atom. The van der Waals surface area contributed by atoms with E-state index in [9.17, 15) is 9.59 Å². The lowest BCUT2D eigenvalue weighted by Gasteiger charge is -2.13. The molecule has 0 amide bonds. The largest absolute Gasteiger partial charge is 0.493 e. The first-order valence-corrected chi connectivity index (χ1v) is 11.7. The summed E-state index contributed by atoms with van der Waals surface area (Å²) in [5.41, 5.74) is 2.58. The third kappa shape index (κ3) is 4.27. The van der Waals surface area contributed by atoms with Gasteiger partial charge in [-0.3, -0.25) is 4.79 Å². The number of ketones is 1. The Kier molecular flexibility index (Phi) is 6.31. The number of nitrogens with zero attached hydrogens (tertiary/aromatic N) is 1. The Balaban J connectivity index is 1.41. The Bertz CT molecular complexity index is 1540. The van der Waals surface area contributed by atoms with Gasteiger partial charge in [0.1, 0.15) is 11.5 Å². The van der Waals surface area contributed by atoms with Crippen LogP contribution >= 0.6 is 0 Å². The van der Waals surface area contributed by atoms with Crippen molar-refractivity contribution in [1.29, 1.82) is 0 Å². The zero-order valence-corrected chi connectivity index (χ0v) is 20.9. The zero-order chi connectivity index (χ0) is 26.1. The van der Waals surface area contributed by atoms with Crippen LogP contribution in [0.25, 0.3) is 17.0 Å². The Morgan fingerprint density at radius 2 is 1.70 bits per heavy atom. The number of hydrogen-bond donors (Lipinski definition) is 0. The molecule has 188 valence electrons. The van der Waals surface area contributed by atoms with E-state index in [1.165, 1.54) is 39.5 Å². The fraction of sp³-hybridized carbons (Fsp3) is 0.172. The fourth-order valence-electron chi connectivity index (χ4n) is 4.39. The smallest absolute Gasteiger partial charge is 0.343 e. The van der Waals surface area contributed by atoms with Crippen molar-refractivity contribution in [1.82, 2.24) is 4.57 Å². The van der Waals surface area contributed by atoms with Crippen molar-refractivity contribution < 1.29 is 33.3 Å². The molecule has 0 saturated carbocycles. The van der Waals surface area contributed by atoms with Crippen LogP contribution in [0.2, 0.25) is 0 Å². The first kappa shape index (κ1) is 24.0. The van der Waals surface area contributed by atoms with Gasteiger partial charge >= 0.3 is 5.97 Å². The molecule has 5 rings (SSSR count). The van der Waals surface area contributed by atoms with Gasteiger partial charge < -0.3 is 28.3 Å². The van der Waals surface area contributed by atoms with Crippen LogP contribution in [-0.4, -0.2) is 37.6 Å². The van der Waals surface area contributed by atoms with Crippen LogP contribution < -0.4 is 23.7 Å². The highest BCUT2D eigenvalue weighted by atomic mass is 16.5. The van der Waals surface area contributed by atoms with Crippen molar-refractivity contribution in [2.75, 3.05) is 21.3 Å². The molecule has 1 aliphatic rings. The summed E-state index contributed by atoms with van der Waals surface area (Å²) >= 11 is 0. The molecule has 3 aromatic carbocycles. The molecule has 0 saturated heterocycles. The molecule has 4 aromatic rings. The number of methoxy groups -OCH3 is 3. The van der Waals surface area contributed by atoms with Gasteiger partial charge in [-0.15, -0.1) is 0 Å². The second-order valence-electron chi connectivity index (χ2n) is 8.29. The Labute approximate surface area is 213 Å². The van der Waals surface area contributed by atoms with E-state index in [2.05, 4.69) is 11.5 Å². The van der Waals surface area contributed by atoms with E-state index in [1.807, 2.05) is 30.5 Å². The summed E-state index contributed by atoms with van der Waals surface area (Å²) in [6.45, 7) is 2.87. The molecule has 1 aromatic heterocycles. The van der Waals surface area contributed by atoms with E-state index in [4.69, 9.17) is 23.7 Å². The van der Waals surface area contributed by atoms with Gasteiger partial charge in [-0.05, 0) is 43.3 Å². The number of carbonyl (C=O) groups is 2. The number of ether oxygens (including phenoxy) is 5. The average Bonchev–Trinajstić information content (AvgIpc) is 3.44. The van der Waals surface area contributed by atoms with Gasteiger partial charge in [-0.25, -0.2) is 4.79 Å². The quantitative estimate of drug-likeness (QED) is 0.188. The third-order valence-corrected chi connectivity index (χ3v) is 6.20. The molecule has 2 heterocycles. The van der Waals surface area contributed by atoms with Crippen molar-refractivity contribution >= 4 is 28.7 Å². The van der Waals surface area contributed by atoms with Crippen molar-refractivity contribution in [3.05, 3.63) is 83.2 Å². The highest BCUT2D eigenvalue weighted by Gasteiger charge is 2.29. The lowest BCUT2D eigenvalue weighted by molar-refractivity contribution is 0.0733. The van der Waals surface area contributed by atoms with Gasteiger partial charge in [0.15, 0.2) is 17.3 Å². The summed E-state index contributed by atoms with van der Waals surface area (Å²) in [6.07, 6.45) is 3.75. The van der Waals surface area contributed by atoms with Crippen LogP contribution in [0.1, 0.15) is 33.2 Å². The standard InChI is InChI=1S/C29H25NO7/c1-5-30-16-18(20-8-6-7-9-22(20)30)14-24-27(31)21-11-10-19(15-23(21)37-24)36-29(32)17-12-25(33-2)28(35-4)26(13-17)34-3/h6-16H,5H2,1-4H3.